The number of rotatable bonds is 5. The average Bonchev–Trinajstić information content (AvgIpc) is 2.57. The Morgan fingerprint density at radius 2 is 1.71 bits per heavy atom. The predicted octanol–water partition coefficient (Wildman–Crippen LogP) is 2.27. The molecule has 1 amide bonds. The second-order valence-corrected chi connectivity index (χ2v) is 5.71. The highest BCUT2D eigenvalue weighted by Crippen LogP contribution is 2.16. The molecular formula is C18H22N2O4. The van der Waals surface area contributed by atoms with E-state index in [0.717, 1.165) is 38.8 Å². The highest BCUT2D eigenvalue weighted by atomic mass is 16.6. The van der Waals surface area contributed by atoms with Crippen LogP contribution in [0, 0.1) is 11.3 Å². The average molecular weight is 330 g/mol. The van der Waals surface area contributed by atoms with Crippen molar-refractivity contribution in [3.05, 3.63) is 29.8 Å². The van der Waals surface area contributed by atoms with E-state index in [-0.39, 0.29) is 19.1 Å². The monoisotopic (exact) mass is 330 g/mol. The smallest absolute Gasteiger partial charge is 0.344 e. The van der Waals surface area contributed by atoms with Gasteiger partial charge in [0.25, 0.3) is 5.91 Å². The minimum Gasteiger partial charge on any atom is -0.481 e. The molecule has 1 aromatic rings. The van der Waals surface area contributed by atoms with Crippen LogP contribution in [-0.2, 0) is 14.3 Å². The number of hydrogen-bond acceptors (Lipinski definition) is 5. The van der Waals surface area contributed by atoms with Gasteiger partial charge in [0.2, 0.25) is 0 Å². The van der Waals surface area contributed by atoms with Gasteiger partial charge in [-0.1, -0.05) is 31.4 Å². The van der Waals surface area contributed by atoms with E-state index in [9.17, 15) is 9.59 Å². The molecule has 0 saturated carbocycles. The standard InChI is InChI=1S/C18H22N2O4/c19-12-15-8-4-5-9-16(15)23-14-18(22)24-13-17(21)20-10-6-2-1-3-7-11-20/h4-5,8-9H,1-3,6-7,10-11,13-14H2. The lowest BCUT2D eigenvalue weighted by molar-refractivity contribution is -0.153. The third-order valence-corrected chi connectivity index (χ3v) is 3.92. The van der Waals surface area contributed by atoms with Gasteiger partial charge in [0, 0.05) is 13.1 Å². The molecule has 1 heterocycles. The van der Waals surface area contributed by atoms with Gasteiger partial charge in [-0.15, -0.1) is 0 Å². The fourth-order valence-electron chi connectivity index (χ4n) is 2.59. The fourth-order valence-corrected chi connectivity index (χ4v) is 2.59. The van der Waals surface area contributed by atoms with Gasteiger partial charge in [0.05, 0.1) is 5.56 Å². The van der Waals surface area contributed by atoms with Crippen LogP contribution >= 0.6 is 0 Å². The Morgan fingerprint density at radius 3 is 2.42 bits per heavy atom. The molecule has 6 nitrogen and oxygen atoms in total. The Morgan fingerprint density at radius 1 is 1.04 bits per heavy atom. The molecule has 0 N–H and O–H groups in total. The maximum atomic E-state index is 12.1. The van der Waals surface area contributed by atoms with Gasteiger partial charge in [-0.25, -0.2) is 4.79 Å². The van der Waals surface area contributed by atoms with E-state index in [1.165, 1.54) is 6.42 Å². The van der Waals surface area contributed by atoms with Crippen molar-refractivity contribution in [3.63, 3.8) is 0 Å². The molecule has 0 spiro atoms. The van der Waals surface area contributed by atoms with Gasteiger partial charge in [0.1, 0.15) is 11.8 Å². The van der Waals surface area contributed by atoms with E-state index < -0.39 is 5.97 Å². The van der Waals surface area contributed by atoms with Gasteiger partial charge < -0.3 is 14.4 Å². The Kier molecular flexibility index (Phi) is 7.09. The highest BCUT2D eigenvalue weighted by Gasteiger charge is 2.17. The molecule has 24 heavy (non-hydrogen) atoms. The van der Waals surface area contributed by atoms with Crippen LogP contribution in [-0.4, -0.2) is 43.1 Å². The molecule has 2 rings (SSSR count). The summed E-state index contributed by atoms with van der Waals surface area (Å²) in [5.74, 6) is -0.460. The Labute approximate surface area is 142 Å². The number of ether oxygens (including phenoxy) is 2. The van der Waals surface area contributed by atoms with Crippen molar-refractivity contribution in [1.29, 1.82) is 5.26 Å². The first-order chi connectivity index (χ1) is 11.7. The Bertz CT molecular complexity index is 601. The zero-order valence-corrected chi connectivity index (χ0v) is 13.7. The fraction of sp³-hybridized carbons (Fsp3) is 0.500. The van der Waals surface area contributed by atoms with Crippen molar-refractivity contribution in [3.8, 4) is 11.8 Å². The molecule has 0 aromatic heterocycles. The summed E-state index contributed by atoms with van der Waals surface area (Å²) in [6.07, 6.45) is 5.48. The molecule has 128 valence electrons. The zero-order chi connectivity index (χ0) is 17.2. The topological polar surface area (TPSA) is 79.6 Å². The minimum atomic E-state index is -0.622. The van der Waals surface area contributed by atoms with E-state index >= 15 is 0 Å². The summed E-state index contributed by atoms with van der Waals surface area (Å²) in [4.78, 5) is 25.6. The van der Waals surface area contributed by atoms with Crippen LogP contribution in [0.3, 0.4) is 0 Å². The number of likely N-dealkylation sites (tertiary alicyclic amines) is 1. The van der Waals surface area contributed by atoms with Crippen LogP contribution in [0.1, 0.15) is 37.7 Å². The second-order valence-electron chi connectivity index (χ2n) is 5.71. The van der Waals surface area contributed by atoms with Crippen LogP contribution in [0.2, 0.25) is 0 Å². The first-order valence-electron chi connectivity index (χ1n) is 8.26. The minimum absolute atomic E-state index is 0.164. The lowest BCUT2D eigenvalue weighted by Gasteiger charge is -2.24. The molecule has 0 atom stereocenters. The maximum Gasteiger partial charge on any atom is 0.344 e. The SMILES string of the molecule is N#Cc1ccccc1OCC(=O)OCC(=O)N1CCCCCCC1. The molecule has 0 aliphatic carbocycles. The van der Waals surface area contributed by atoms with Gasteiger partial charge in [-0.2, -0.15) is 5.26 Å². The normalized spacial score (nSPS) is 14.9. The molecule has 1 aliphatic rings. The van der Waals surface area contributed by atoms with Crippen LogP contribution in [0.15, 0.2) is 24.3 Å². The third kappa shape index (κ3) is 5.58. The first-order valence-corrected chi connectivity index (χ1v) is 8.26. The summed E-state index contributed by atoms with van der Waals surface area (Å²) in [7, 11) is 0. The van der Waals surface area contributed by atoms with Crippen molar-refractivity contribution in [2.75, 3.05) is 26.3 Å². The van der Waals surface area contributed by atoms with Crippen LogP contribution in [0.25, 0.3) is 0 Å². The number of hydrogen-bond donors (Lipinski definition) is 0. The molecule has 0 bridgehead atoms. The van der Waals surface area contributed by atoms with Crippen molar-refractivity contribution >= 4 is 11.9 Å². The number of nitrogens with zero attached hydrogens (tertiary/aromatic N) is 2. The van der Waals surface area contributed by atoms with Crippen LogP contribution in [0.4, 0.5) is 0 Å². The molecule has 1 aromatic carbocycles. The van der Waals surface area contributed by atoms with E-state index in [4.69, 9.17) is 14.7 Å². The molecular weight excluding hydrogens is 308 g/mol. The first kappa shape index (κ1) is 17.8. The van der Waals surface area contributed by atoms with E-state index in [1.807, 2.05) is 6.07 Å². The molecule has 0 unspecified atom stereocenters. The molecule has 1 fully saturated rings. The number of nitriles is 1. The van der Waals surface area contributed by atoms with E-state index in [1.54, 1.807) is 29.2 Å². The summed E-state index contributed by atoms with van der Waals surface area (Å²) in [6, 6.07) is 8.63. The number of carbonyl (C=O) groups excluding carboxylic acids is 2. The van der Waals surface area contributed by atoms with Gasteiger partial charge in [-0.3, -0.25) is 4.79 Å². The highest BCUT2D eigenvalue weighted by molar-refractivity contribution is 5.81. The van der Waals surface area contributed by atoms with Gasteiger partial charge >= 0.3 is 5.97 Å². The lowest BCUT2D eigenvalue weighted by Crippen LogP contribution is -2.37. The van der Waals surface area contributed by atoms with E-state index in [0.29, 0.717) is 11.3 Å². The quantitative estimate of drug-likeness (QED) is 0.774. The zero-order valence-electron chi connectivity index (χ0n) is 13.7. The number of esters is 1. The van der Waals surface area contributed by atoms with E-state index in [2.05, 4.69) is 0 Å². The van der Waals surface area contributed by atoms with Crippen molar-refractivity contribution < 1.29 is 19.1 Å². The molecule has 1 saturated heterocycles. The van der Waals surface area contributed by atoms with Gasteiger partial charge in [-0.05, 0) is 25.0 Å². The number of carbonyl (C=O) groups is 2. The summed E-state index contributed by atoms with van der Waals surface area (Å²) in [5, 5.41) is 8.95. The summed E-state index contributed by atoms with van der Waals surface area (Å²) >= 11 is 0. The lowest BCUT2D eigenvalue weighted by atomic mass is 10.1. The van der Waals surface area contributed by atoms with Gasteiger partial charge in [0.15, 0.2) is 13.2 Å². The summed E-state index contributed by atoms with van der Waals surface area (Å²) in [6.45, 7) is 0.860. The number of amides is 1. The molecule has 6 heteroatoms. The van der Waals surface area contributed by atoms with Crippen molar-refractivity contribution in [2.45, 2.75) is 32.1 Å². The third-order valence-electron chi connectivity index (χ3n) is 3.92. The second kappa shape index (κ2) is 9.56. The Hall–Kier alpha value is -2.55. The maximum absolute atomic E-state index is 12.1. The molecule has 1 aliphatic heterocycles. The summed E-state index contributed by atoms with van der Waals surface area (Å²) < 4.78 is 10.3. The van der Waals surface area contributed by atoms with Crippen molar-refractivity contribution in [1.82, 2.24) is 4.90 Å². The number of para-hydroxylation sites is 1. The van der Waals surface area contributed by atoms with Crippen molar-refractivity contribution in [2.24, 2.45) is 0 Å². The number of benzene rings is 1. The molecule has 0 radical (unpaired) electrons. The van der Waals surface area contributed by atoms with Crippen LogP contribution in [0.5, 0.6) is 5.75 Å². The van der Waals surface area contributed by atoms with Crippen LogP contribution < -0.4 is 4.74 Å². The largest absolute Gasteiger partial charge is 0.481 e. The Balaban J connectivity index is 1.74. The summed E-state index contributed by atoms with van der Waals surface area (Å²) in [5.41, 5.74) is 0.349. The predicted molar refractivity (Wildman–Crippen MR) is 87.3 cm³/mol.